The number of nitrogens with two attached hydrogens (primary N) is 1. The van der Waals surface area contributed by atoms with E-state index in [4.69, 9.17) is 15.2 Å². The van der Waals surface area contributed by atoms with Gasteiger partial charge in [0.25, 0.3) is 0 Å². The summed E-state index contributed by atoms with van der Waals surface area (Å²) in [7, 11) is 1.74. The third-order valence-corrected chi connectivity index (χ3v) is 4.15. The van der Waals surface area contributed by atoms with Crippen LogP contribution in [0.15, 0.2) is 0 Å². The molecule has 4 heteroatoms. The molecule has 1 heterocycles. The van der Waals surface area contributed by atoms with Crippen molar-refractivity contribution < 1.29 is 9.47 Å². The van der Waals surface area contributed by atoms with Gasteiger partial charge in [0.15, 0.2) is 0 Å². The Bertz CT molecular complexity index is 211. The maximum Gasteiger partial charge on any atom is 0.0631 e. The summed E-state index contributed by atoms with van der Waals surface area (Å²) in [6.07, 6.45) is 5.04. The summed E-state index contributed by atoms with van der Waals surface area (Å²) in [5.74, 6) is 0. The lowest BCUT2D eigenvalue weighted by Crippen LogP contribution is -2.62. The van der Waals surface area contributed by atoms with Gasteiger partial charge in [0.1, 0.15) is 0 Å². The highest BCUT2D eigenvalue weighted by Gasteiger charge is 2.44. The summed E-state index contributed by atoms with van der Waals surface area (Å²) in [6.45, 7) is 4.41. The minimum absolute atomic E-state index is 0.137. The zero-order valence-electron chi connectivity index (χ0n) is 10.3. The fourth-order valence-electron chi connectivity index (χ4n) is 3.25. The van der Waals surface area contributed by atoms with Crippen LogP contribution in [-0.4, -0.2) is 56.5 Å². The molecule has 1 aliphatic heterocycles. The van der Waals surface area contributed by atoms with Crippen molar-refractivity contribution in [1.82, 2.24) is 4.90 Å². The van der Waals surface area contributed by atoms with Crippen LogP contribution in [-0.2, 0) is 9.47 Å². The zero-order chi connectivity index (χ0) is 11.4. The molecule has 1 saturated carbocycles. The van der Waals surface area contributed by atoms with Gasteiger partial charge < -0.3 is 15.2 Å². The predicted octanol–water partition coefficient (Wildman–Crippen LogP) is 0.605. The third-order valence-electron chi connectivity index (χ3n) is 4.15. The van der Waals surface area contributed by atoms with Gasteiger partial charge in [0.05, 0.1) is 19.8 Å². The highest BCUT2D eigenvalue weighted by Crippen LogP contribution is 2.38. The Hall–Kier alpha value is -0.160. The summed E-state index contributed by atoms with van der Waals surface area (Å²) in [5.41, 5.74) is 6.53. The van der Waals surface area contributed by atoms with E-state index in [0.29, 0.717) is 6.61 Å². The quantitative estimate of drug-likeness (QED) is 0.765. The van der Waals surface area contributed by atoms with Crippen molar-refractivity contribution in [3.63, 3.8) is 0 Å². The first-order chi connectivity index (χ1) is 7.79. The Morgan fingerprint density at radius 2 is 1.94 bits per heavy atom. The maximum absolute atomic E-state index is 6.35. The fourth-order valence-corrected chi connectivity index (χ4v) is 3.25. The van der Waals surface area contributed by atoms with Crippen LogP contribution in [0.3, 0.4) is 0 Å². The first-order valence-corrected chi connectivity index (χ1v) is 6.37. The Labute approximate surface area is 98.1 Å². The molecule has 0 aromatic rings. The normalized spacial score (nSPS) is 28.1. The van der Waals surface area contributed by atoms with E-state index in [-0.39, 0.29) is 11.6 Å². The summed E-state index contributed by atoms with van der Waals surface area (Å²) in [4.78, 5) is 2.55. The molecule has 0 aromatic carbocycles. The van der Waals surface area contributed by atoms with Gasteiger partial charge in [0.2, 0.25) is 0 Å². The third kappa shape index (κ3) is 2.25. The number of nitrogens with zero attached hydrogens (tertiary/aromatic N) is 1. The molecule has 1 unspecified atom stereocenters. The first-order valence-electron chi connectivity index (χ1n) is 6.37. The van der Waals surface area contributed by atoms with E-state index < -0.39 is 0 Å². The minimum atomic E-state index is 0.137. The van der Waals surface area contributed by atoms with Crippen LogP contribution in [0, 0.1) is 0 Å². The van der Waals surface area contributed by atoms with Crippen LogP contribution in [0.25, 0.3) is 0 Å². The molecule has 2 N–H and O–H groups in total. The molecule has 1 atom stereocenters. The fraction of sp³-hybridized carbons (Fsp3) is 1.00. The van der Waals surface area contributed by atoms with Crippen molar-refractivity contribution >= 4 is 0 Å². The number of ether oxygens (including phenoxy) is 2. The van der Waals surface area contributed by atoms with Crippen molar-refractivity contribution in [1.29, 1.82) is 0 Å². The monoisotopic (exact) mass is 228 g/mol. The van der Waals surface area contributed by atoms with Gasteiger partial charge in [-0.05, 0) is 12.8 Å². The molecule has 1 saturated heterocycles. The van der Waals surface area contributed by atoms with Crippen LogP contribution in [0.2, 0.25) is 0 Å². The first kappa shape index (κ1) is 12.3. The topological polar surface area (TPSA) is 47.7 Å². The Balaban J connectivity index is 2.07. The van der Waals surface area contributed by atoms with Gasteiger partial charge in [-0.2, -0.15) is 0 Å². The van der Waals surface area contributed by atoms with Gasteiger partial charge in [-0.25, -0.2) is 0 Å². The summed E-state index contributed by atoms with van der Waals surface area (Å²) in [5, 5.41) is 0. The van der Waals surface area contributed by atoms with E-state index in [1.165, 1.54) is 25.7 Å². The maximum atomic E-state index is 6.35. The number of hydrogen-bond donors (Lipinski definition) is 1. The van der Waals surface area contributed by atoms with Crippen molar-refractivity contribution in [2.45, 2.75) is 37.3 Å². The number of hydrogen-bond acceptors (Lipinski definition) is 4. The molecule has 94 valence electrons. The molecular weight excluding hydrogens is 204 g/mol. The predicted molar refractivity (Wildman–Crippen MR) is 63.4 cm³/mol. The van der Waals surface area contributed by atoms with Gasteiger partial charge >= 0.3 is 0 Å². The van der Waals surface area contributed by atoms with Gasteiger partial charge in [-0.3, -0.25) is 4.90 Å². The summed E-state index contributed by atoms with van der Waals surface area (Å²) < 4.78 is 10.7. The summed E-state index contributed by atoms with van der Waals surface area (Å²) >= 11 is 0. The molecule has 2 fully saturated rings. The molecule has 16 heavy (non-hydrogen) atoms. The standard InChI is InChI=1S/C12H24N2O2/c1-15-10-11(13)12(4-2-3-5-12)14-6-8-16-9-7-14/h11H,2-10,13H2,1H3. The van der Waals surface area contributed by atoms with Crippen molar-refractivity contribution in [2.24, 2.45) is 5.73 Å². The second-order valence-corrected chi connectivity index (χ2v) is 4.97. The number of methoxy groups -OCH3 is 1. The average Bonchev–Trinajstić information content (AvgIpc) is 2.81. The lowest BCUT2D eigenvalue weighted by Gasteiger charge is -2.46. The lowest BCUT2D eigenvalue weighted by atomic mass is 9.86. The van der Waals surface area contributed by atoms with Gasteiger partial charge in [-0.15, -0.1) is 0 Å². The highest BCUT2D eigenvalue weighted by molar-refractivity contribution is 5.02. The molecule has 0 spiro atoms. The molecule has 0 bridgehead atoms. The van der Waals surface area contributed by atoms with E-state index in [1.54, 1.807) is 7.11 Å². The highest BCUT2D eigenvalue weighted by atomic mass is 16.5. The molecule has 2 rings (SSSR count). The van der Waals surface area contributed by atoms with E-state index in [9.17, 15) is 0 Å². The average molecular weight is 228 g/mol. The Morgan fingerprint density at radius 1 is 1.31 bits per heavy atom. The second kappa shape index (κ2) is 5.45. The van der Waals surface area contributed by atoms with E-state index in [2.05, 4.69) is 4.90 Å². The van der Waals surface area contributed by atoms with Crippen LogP contribution in [0.4, 0.5) is 0 Å². The molecule has 4 nitrogen and oxygen atoms in total. The lowest BCUT2D eigenvalue weighted by molar-refractivity contribution is -0.0399. The number of rotatable bonds is 4. The molecule has 0 aromatic heterocycles. The molecular formula is C12H24N2O2. The molecule has 1 aliphatic carbocycles. The van der Waals surface area contributed by atoms with Crippen molar-refractivity contribution in [2.75, 3.05) is 40.0 Å². The second-order valence-electron chi connectivity index (χ2n) is 4.97. The Morgan fingerprint density at radius 3 is 2.50 bits per heavy atom. The molecule has 2 aliphatic rings. The van der Waals surface area contributed by atoms with Gasteiger partial charge in [-0.1, -0.05) is 12.8 Å². The van der Waals surface area contributed by atoms with E-state index in [0.717, 1.165) is 26.3 Å². The Kier molecular flexibility index (Phi) is 4.19. The van der Waals surface area contributed by atoms with Gasteiger partial charge in [0, 0.05) is 31.8 Å². The van der Waals surface area contributed by atoms with Crippen LogP contribution >= 0.6 is 0 Å². The SMILES string of the molecule is COCC(N)C1(N2CCOCC2)CCCC1. The largest absolute Gasteiger partial charge is 0.383 e. The van der Waals surface area contributed by atoms with Crippen LogP contribution in [0.1, 0.15) is 25.7 Å². The number of morpholine rings is 1. The zero-order valence-corrected chi connectivity index (χ0v) is 10.3. The minimum Gasteiger partial charge on any atom is -0.383 e. The van der Waals surface area contributed by atoms with Crippen LogP contribution in [0.5, 0.6) is 0 Å². The van der Waals surface area contributed by atoms with E-state index >= 15 is 0 Å². The van der Waals surface area contributed by atoms with Crippen molar-refractivity contribution in [3.8, 4) is 0 Å². The van der Waals surface area contributed by atoms with E-state index in [1.807, 2.05) is 0 Å². The molecule has 0 radical (unpaired) electrons. The molecule has 0 amide bonds. The summed E-state index contributed by atoms with van der Waals surface area (Å²) in [6, 6.07) is 0.137. The van der Waals surface area contributed by atoms with Crippen molar-refractivity contribution in [3.05, 3.63) is 0 Å². The smallest absolute Gasteiger partial charge is 0.0631 e. The van der Waals surface area contributed by atoms with Crippen LogP contribution < -0.4 is 5.73 Å².